The second-order valence-corrected chi connectivity index (χ2v) is 5.38. The summed E-state index contributed by atoms with van der Waals surface area (Å²) in [6.45, 7) is 9.78. The minimum absolute atomic E-state index is 0.229. The summed E-state index contributed by atoms with van der Waals surface area (Å²) in [6.07, 6.45) is 0. The quantitative estimate of drug-likeness (QED) is 0.746. The van der Waals surface area contributed by atoms with Crippen molar-refractivity contribution in [2.75, 3.05) is 17.6 Å². The van der Waals surface area contributed by atoms with Crippen LogP contribution >= 0.6 is 12.6 Å². The second kappa shape index (κ2) is 4.93. The van der Waals surface area contributed by atoms with Crippen molar-refractivity contribution in [1.29, 1.82) is 0 Å². The minimum Gasteiger partial charge on any atom is -0.384 e. The molecule has 0 spiro atoms. The van der Waals surface area contributed by atoms with Gasteiger partial charge in [-0.2, -0.15) is 12.6 Å². The van der Waals surface area contributed by atoms with E-state index in [1.165, 1.54) is 16.8 Å². The van der Waals surface area contributed by atoms with Gasteiger partial charge in [0, 0.05) is 18.0 Å². The number of hydrogen-bond donors (Lipinski definition) is 2. The van der Waals surface area contributed by atoms with E-state index in [0.717, 1.165) is 12.3 Å². The first-order chi connectivity index (χ1) is 6.95. The highest BCUT2D eigenvalue weighted by atomic mass is 32.1. The molecule has 0 atom stereocenters. The summed E-state index contributed by atoms with van der Waals surface area (Å²) in [7, 11) is 0. The average Bonchev–Trinajstić information content (AvgIpc) is 2.14. The van der Waals surface area contributed by atoms with Crippen molar-refractivity contribution in [3.8, 4) is 0 Å². The molecule has 0 unspecified atom stereocenters. The summed E-state index contributed by atoms with van der Waals surface area (Å²) >= 11 is 4.19. The van der Waals surface area contributed by atoms with Gasteiger partial charge in [0.15, 0.2) is 0 Å². The number of nitrogens with one attached hydrogen (secondary N) is 1. The van der Waals surface area contributed by atoms with E-state index < -0.39 is 0 Å². The van der Waals surface area contributed by atoms with Crippen molar-refractivity contribution >= 4 is 18.3 Å². The van der Waals surface area contributed by atoms with E-state index in [-0.39, 0.29) is 5.41 Å². The van der Waals surface area contributed by atoms with Crippen LogP contribution < -0.4 is 5.32 Å². The summed E-state index contributed by atoms with van der Waals surface area (Å²) < 4.78 is 0. The summed E-state index contributed by atoms with van der Waals surface area (Å²) in [5, 5.41) is 3.36. The van der Waals surface area contributed by atoms with E-state index >= 15 is 0 Å². The van der Waals surface area contributed by atoms with E-state index in [4.69, 9.17) is 0 Å². The van der Waals surface area contributed by atoms with Crippen LogP contribution in [0.3, 0.4) is 0 Å². The Balaban J connectivity index is 2.88. The lowest BCUT2D eigenvalue weighted by molar-refractivity contribution is 0.590. The number of hydrogen-bond acceptors (Lipinski definition) is 2. The van der Waals surface area contributed by atoms with Crippen LogP contribution in [0.5, 0.6) is 0 Å². The van der Waals surface area contributed by atoms with Crippen molar-refractivity contribution in [3.63, 3.8) is 0 Å². The molecule has 0 saturated carbocycles. The fraction of sp³-hybridized carbons (Fsp3) is 0.538. The smallest absolute Gasteiger partial charge is 0.0370 e. The predicted molar refractivity (Wildman–Crippen MR) is 72.2 cm³/mol. The number of anilines is 1. The predicted octanol–water partition coefficient (Wildman–Crippen LogP) is 3.63. The maximum Gasteiger partial charge on any atom is 0.0370 e. The lowest BCUT2D eigenvalue weighted by Gasteiger charge is -2.20. The van der Waals surface area contributed by atoms with Gasteiger partial charge in [0.2, 0.25) is 0 Å². The highest BCUT2D eigenvalue weighted by molar-refractivity contribution is 7.80. The summed E-state index contributed by atoms with van der Waals surface area (Å²) in [6, 6.07) is 6.63. The van der Waals surface area contributed by atoms with Crippen LogP contribution in [0.1, 0.15) is 31.9 Å². The minimum atomic E-state index is 0.229. The third-order valence-electron chi connectivity index (χ3n) is 2.52. The molecule has 0 fully saturated rings. The summed E-state index contributed by atoms with van der Waals surface area (Å²) in [5.41, 5.74) is 4.14. The van der Waals surface area contributed by atoms with Gasteiger partial charge in [0.25, 0.3) is 0 Å². The lowest BCUT2D eigenvalue weighted by atomic mass is 9.86. The summed E-state index contributed by atoms with van der Waals surface area (Å²) in [5.74, 6) is 0.862. The van der Waals surface area contributed by atoms with E-state index in [1.807, 2.05) is 0 Å². The normalized spacial score (nSPS) is 11.5. The Kier molecular flexibility index (Phi) is 4.09. The van der Waals surface area contributed by atoms with Crippen LogP contribution in [0.25, 0.3) is 0 Å². The Morgan fingerprint density at radius 3 is 2.40 bits per heavy atom. The molecule has 1 aromatic carbocycles. The Labute approximate surface area is 98.7 Å². The highest BCUT2D eigenvalue weighted by Crippen LogP contribution is 2.26. The van der Waals surface area contributed by atoms with Gasteiger partial charge in [-0.3, -0.25) is 0 Å². The van der Waals surface area contributed by atoms with E-state index in [1.54, 1.807) is 0 Å². The first kappa shape index (κ1) is 12.4. The van der Waals surface area contributed by atoms with Crippen LogP contribution in [-0.4, -0.2) is 12.3 Å². The Morgan fingerprint density at radius 2 is 1.93 bits per heavy atom. The van der Waals surface area contributed by atoms with Gasteiger partial charge in [-0.25, -0.2) is 0 Å². The zero-order valence-electron chi connectivity index (χ0n) is 10.1. The van der Waals surface area contributed by atoms with Crippen molar-refractivity contribution < 1.29 is 0 Å². The third-order valence-corrected chi connectivity index (χ3v) is 2.74. The van der Waals surface area contributed by atoms with E-state index in [2.05, 4.69) is 63.8 Å². The Morgan fingerprint density at radius 1 is 1.27 bits per heavy atom. The van der Waals surface area contributed by atoms with Crippen LogP contribution in [0.2, 0.25) is 0 Å². The zero-order chi connectivity index (χ0) is 11.5. The molecule has 1 N–H and O–H groups in total. The zero-order valence-corrected chi connectivity index (χ0v) is 11.0. The van der Waals surface area contributed by atoms with E-state index in [9.17, 15) is 0 Å². The fourth-order valence-electron chi connectivity index (χ4n) is 1.52. The molecule has 1 nitrogen and oxygen atoms in total. The number of rotatable bonds is 3. The standard InChI is InChI=1S/C13H21NS/c1-10-9-11(13(2,3)4)5-6-12(10)14-7-8-15/h5-6,9,14-15H,7-8H2,1-4H3. The van der Waals surface area contributed by atoms with Gasteiger partial charge in [-0.05, 0) is 29.5 Å². The number of benzene rings is 1. The molecule has 0 heterocycles. The first-order valence-corrected chi connectivity index (χ1v) is 6.04. The van der Waals surface area contributed by atoms with Crippen molar-refractivity contribution in [3.05, 3.63) is 29.3 Å². The first-order valence-electron chi connectivity index (χ1n) is 5.41. The van der Waals surface area contributed by atoms with Gasteiger partial charge in [0.05, 0.1) is 0 Å². The van der Waals surface area contributed by atoms with Crippen LogP contribution in [0.15, 0.2) is 18.2 Å². The Bertz CT molecular complexity index is 326. The number of aryl methyl sites for hydroxylation is 1. The molecule has 0 aliphatic carbocycles. The summed E-state index contributed by atoms with van der Waals surface area (Å²) in [4.78, 5) is 0. The van der Waals surface area contributed by atoms with Crippen molar-refractivity contribution in [2.24, 2.45) is 0 Å². The van der Waals surface area contributed by atoms with Crippen LogP contribution in [0.4, 0.5) is 5.69 Å². The highest BCUT2D eigenvalue weighted by Gasteiger charge is 2.13. The molecule has 84 valence electrons. The van der Waals surface area contributed by atoms with Gasteiger partial charge in [-0.1, -0.05) is 32.9 Å². The molecule has 0 amide bonds. The van der Waals surface area contributed by atoms with Crippen molar-refractivity contribution in [2.45, 2.75) is 33.1 Å². The molecule has 0 radical (unpaired) electrons. The molecule has 0 aliphatic rings. The van der Waals surface area contributed by atoms with Gasteiger partial charge < -0.3 is 5.32 Å². The molecule has 2 heteroatoms. The van der Waals surface area contributed by atoms with Crippen molar-refractivity contribution in [1.82, 2.24) is 0 Å². The molecular formula is C13H21NS. The third kappa shape index (κ3) is 3.45. The fourth-order valence-corrected chi connectivity index (χ4v) is 1.63. The average molecular weight is 223 g/mol. The lowest BCUT2D eigenvalue weighted by Crippen LogP contribution is -2.12. The largest absolute Gasteiger partial charge is 0.384 e. The maximum atomic E-state index is 4.19. The molecule has 0 aliphatic heterocycles. The van der Waals surface area contributed by atoms with Gasteiger partial charge in [-0.15, -0.1) is 0 Å². The topological polar surface area (TPSA) is 12.0 Å². The van der Waals surface area contributed by atoms with E-state index in [0.29, 0.717) is 0 Å². The molecule has 1 rings (SSSR count). The maximum absolute atomic E-state index is 4.19. The SMILES string of the molecule is Cc1cc(C(C)(C)C)ccc1NCCS. The molecule has 0 saturated heterocycles. The molecule has 15 heavy (non-hydrogen) atoms. The van der Waals surface area contributed by atoms with Crippen LogP contribution in [-0.2, 0) is 5.41 Å². The second-order valence-electron chi connectivity index (χ2n) is 4.93. The molecule has 1 aromatic rings. The van der Waals surface area contributed by atoms with Gasteiger partial charge in [0.1, 0.15) is 0 Å². The molecular weight excluding hydrogens is 202 g/mol. The number of thiol groups is 1. The Hall–Kier alpha value is -0.630. The molecule has 0 bridgehead atoms. The van der Waals surface area contributed by atoms with Crippen LogP contribution in [0, 0.1) is 6.92 Å². The molecule has 0 aromatic heterocycles. The monoisotopic (exact) mass is 223 g/mol. The van der Waals surface area contributed by atoms with Gasteiger partial charge >= 0.3 is 0 Å².